The summed E-state index contributed by atoms with van der Waals surface area (Å²) >= 11 is 0. The van der Waals surface area contributed by atoms with Crippen LogP contribution in [0.5, 0.6) is 17.2 Å². The lowest BCUT2D eigenvalue weighted by atomic mass is 10.0. The van der Waals surface area contributed by atoms with E-state index in [0.29, 0.717) is 37.7 Å². The molecule has 0 saturated carbocycles. The van der Waals surface area contributed by atoms with E-state index in [9.17, 15) is 4.79 Å². The predicted molar refractivity (Wildman–Crippen MR) is 121 cm³/mol. The molecule has 1 aliphatic heterocycles. The van der Waals surface area contributed by atoms with Crippen molar-refractivity contribution in [1.29, 1.82) is 0 Å². The van der Waals surface area contributed by atoms with Crippen molar-refractivity contribution < 1.29 is 23.7 Å². The summed E-state index contributed by atoms with van der Waals surface area (Å²) in [5.41, 5.74) is 3.15. The molecule has 0 radical (unpaired) electrons. The number of hydrogen-bond donors (Lipinski definition) is 0. The van der Waals surface area contributed by atoms with E-state index in [4.69, 9.17) is 18.9 Å². The Morgan fingerprint density at radius 3 is 2.44 bits per heavy atom. The number of ether oxygens (including phenoxy) is 4. The maximum absolute atomic E-state index is 12.4. The number of rotatable bonds is 9. The van der Waals surface area contributed by atoms with E-state index in [0.717, 1.165) is 22.4 Å². The van der Waals surface area contributed by atoms with Gasteiger partial charge >= 0.3 is 6.09 Å². The van der Waals surface area contributed by atoms with Crippen molar-refractivity contribution in [2.24, 2.45) is 0 Å². The molecule has 4 rings (SSSR count). The third-order valence-corrected chi connectivity index (χ3v) is 5.49. The number of carbonyl (C=O) groups excluding carboxylic acids is 1. The molecule has 1 atom stereocenters. The van der Waals surface area contributed by atoms with E-state index in [-0.39, 0.29) is 12.1 Å². The standard InChI is InChI=1S/C26H27NO5/c1-29-24-12-11-20(15-25(24)30-2)13-22-18-32-26(28)27(22)16-21-9-6-10-23(14-21)31-17-19-7-4-3-5-8-19/h3-12,14-15,22H,13,16-18H2,1-2H3. The molecular weight excluding hydrogens is 406 g/mol. The fourth-order valence-corrected chi connectivity index (χ4v) is 3.80. The second-order valence-corrected chi connectivity index (χ2v) is 7.67. The van der Waals surface area contributed by atoms with Gasteiger partial charge in [0.1, 0.15) is 19.0 Å². The van der Waals surface area contributed by atoms with Crippen LogP contribution < -0.4 is 14.2 Å². The first-order valence-corrected chi connectivity index (χ1v) is 10.6. The molecule has 0 N–H and O–H groups in total. The van der Waals surface area contributed by atoms with Crippen LogP contribution in [0.2, 0.25) is 0 Å². The van der Waals surface area contributed by atoms with Crippen molar-refractivity contribution in [3.63, 3.8) is 0 Å². The van der Waals surface area contributed by atoms with Crippen LogP contribution in [0.3, 0.4) is 0 Å². The molecule has 32 heavy (non-hydrogen) atoms. The Morgan fingerprint density at radius 1 is 0.875 bits per heavy atom. The van der Waals surface area contributed by atoms with Crippen molar-refractivity contribution in [2.75, 3.05) is 20.8 Å². The summed E-state index contributed by atoms with van der Waals surface area (Å²) < 4.78 is 22.0. The first kappa shape index (κ1) is 21.6. The highest BCUT2D eigenvalue weighted by atomic mass is 16.6. The summed E-state index contributed by atoms with van der Waals surface area (Å²) in [5.74, 6) is 2.12. The monoisotopic (exact) mass is 433 g/mol. The van der Waals surface area contributed by atoms with E-state index in [1.807, 2.05) is 72.8 Å². The molecule has 6 nitrogen and oxygen atoms in total. The summed E-state index contributed by atoms with van der Waals surface area (Å²) in [6, 6.07) is 23.6. The Hall–Kier alpha value is -3.67. The van der Waals surface area contributed by atoms with Gasteiger partial charge in [0.2, 0.25) is 0 Å². The molecule has 1 heterocycles. The van der Waals surface area contributed by atoms with Gasteiger partial charge in [-0.3, -0.25) is 4.90 Å². The zero-order valence-corrected chi connectivity index (χ0v) is 18.3. The number of carbonyl (C=O) groups is 1. The van der Waals surface area contributed by atoms with E-state index >= 15 is 0 Å². The van der Waals surface area contributed by atoms with Gasteiger partial charge in [-0.25, -0.2) is 4.79 Å². The normalized spacial score (nSPS) is 15.4. The molecule has 0 aliphatic carbocycles. The zero-order valence-electron chi connectivity index (χ0n) is 18.3. The Kier molecular flexibility index (Phi) is 6.80. The van der Waals surface area contributed by atoms with Crippen LogP contribution in [-0.2, 0) is 24.3 Å². The highest BCUT2D eigenvalue weighted by Gasteiger charge is 2.33. The molecule has 166 valence electrons. The van der Waals surface area contributed by atoms with Gasteiger partial charge in [-0.2, -0.15) is 0 Å². The van der Waals surface area contributed by atoms with Crippen molar-refractivity contribution in [3.05, 3.63) is 89.5 Å². The van der Waals surface area contributed by atoms with Crippen LogP contribution in [0.4, 0.5) is 4.79 Å². The molecule has 1 aliphatic rings. The predicted octanol–water partition coefficient (Wildman–Crippen LogP) is 4.85. The molecule has 3 aromatic carbocycles. The maximum atomic E-state index is 12.4. The minimum atomic E-state index is -0.300. The largest absolute Gasteiger partial charge is 0.493 e. The van der Waals surface area contributed by atoms with E-state index in [2.05, 4.69) is 0 Å². The van der Waals surface area contributed by atoms with Crippen LogP contribution in [-0.4, -0.2) is 37.9 Å². The molecule has 0 bridgehead atoms. The molecule has 1 saturated heterocycles. The van der Waals surface area contributed by atoms with Gasteiger partial charge in [0, 0.05) is 6.54 Å². The second-order valence-electron chi connectivity index (χ2n) is 7.67. The first-order chi connectivity index (χ1) is 15.7. The van der Waals surface area contributed by atoms with Gasteiger partial charge in [0.05, 0.1) is 20.3 Å². The van der Waals surface area contributed by atoms with E-state index < -0.39 is 0 Å². The number of nitrogens with zero attached hydrogens (tertiary/aromatic N) is 1. The van der Waals surface area contributed by atoms with Crippen LogP contribution in [0, 0.1) is 0 Å². The molecule has 1 amide bonds. The van der Waals surface area contributed by atoms with Gasteiger partial charge < -0.3 is 18.9 Å². The third-order valence-electron chi connectivity index (χ3n) is 5.49. The Bertz CT molecular complexity index is 1050. The van der Waals surface area contributed by atoms with E-state index in [1.54, 1.807) is 19.1 Å². The summed E-state index contributed by atoms with van der Waals surface area (Å²) in [6.07, 6.45) is 0.363. The van der Waals surface area contributed by atoms with Crippen LogP contribution in [0.15, 0.2) is 72.8 Å². The van der Waals surface area contributed by atoms with Crippen LogP contribution in [0.1, 0.15) is 16.7 Å². The van der Waals surface area contributed by atoms with Crippen LogP contribution in [0.25, 0.3) is 0 Å². The quantitative estimate of drug-likeness (QED) is 0.483. The summed E-state index contributed by atoms with van der Waals surface area (Å²) in [4.78, 5) is 14.2. The average molecular weight is 434 g/mol. The Labute approximate surface area is 188 Å². The lowest BCUT2D eigenvalue weighted by Crippen LogP contribution is -2.34. The van der Waals surface area contributed by atoms with Gasteiger partial charge in [-0.15, -0.1) is 0 Å². The number of amides is 1. The molecule has 0 aromatic heterocycles. The number of cyclic esters (lactones) is 1. The van der Waals surface area contributed by atoms with Gasteiger partial charge in [-0.05, 0) is 47.4 Å². The number of hydrogen-bond acceptors (Lipinski definition) is 5. The summed E-state index contributed by atoms with van der Waals surface area (Å²) in [6.45, 7) is 1.31. The lowest BCUT2D eigenvalue weighted by molar-refractivity contribution is 0.156. The number of methoxy groups -OCH3 is 2. The summed E-state index contributed by atoms with van der Waals surface area (Å²) in [7, 11) is 3.23. The Morgan fingerprint density at radius 2 is 1.66 bits per heavy atom. The lowest BCUT2D eigenvalue weighted by Gasteiger charge is -2.22. The molecule has 0 spiro atoms. The molecule has 1 unspecified atom stereocenters. The minimum Gasteiger partial charge on any atom is -0.493 e. The van der Waals surface area contributed by atoms with Crippen molar-refractivity contribution >= 4 is 6.09 Å². The highest BCUT2D eigenvalue weighted by molar-refractivity contribution is 5.70. The third kappa shape index (κ3) is 5.14. The first-order valence-electron chi connectivity index (χ1n) is 10.6. The highest BCUT2D eigenvalue weighted by Crippen LogP contribution is 2.29. The molecule has 6 heteroatoms. The second kappa shape index (κ2) is 10.1. The SMILES string of the molecule is COc1ccc(CC2COC(=O)N2Cc2cccc(OCc3ccccc3)c2)cc1OC. The minimum absolute atomic E-state index is 0.0607. The smallest absolute Gasteiger partial charge is 0.410 e. The van der Waals surface area contributed by atoms with Gasteiger partial charge in [0.25, 0.3) is 0 Å². The topological polar surface area (TPSA) is 57.2 Å². The van der Waals surface area contributed by atoms with Crippen LogP contribution >= 0.6 is 0 Å². The maximum Gasteiger partial charge on any atom is 0.410 e. The Balaban J connectivity index is 1.43. The van der Waals surface area contributed by atoms with Gasteiger partial charge in [0.15, 0.2) is 11.5 Å². The molecular formula is C26H27NO5. The van der Waals surface area contributed by atoms with Crippen molar-refractivity contribution in [1.82, 2.24) is 4.90 Å². The fraction of sp³-hybridized carbons (Fsp3) is 0.269. The number of benzene rings is 3. The van der Waals surface area contributed by atoms with Crippen molar-refractivity contribution in [3.8, 4) is 17.2 Å². The van der Waals surface area contributed by atoms with Crippen molar-refractivity contribution in [2.45, 2.75) is 25.6 Å². The molecule has 3 aromatic rings. The zero-order chi connectivity index (χ0) is 22.3. The summed E-state index contributed by atoms with van der Waals surface area (Å²) in [5, 5.41) is 0. The fourth-order valence-electron chi connectivity index (χ4n) is 3.80. The molecule has 1 fully saturated rings. The van der Waals surface area contributed by atoms with E-state index in [1.165, 1.54) is 0 Å². The van der Waals surface area contributed by atoms with Gasteiger partial charge in [-0.1, -0.05) is 48.5 Å². The average Bonchev–Trinajstić information content (AvgIpc) is 3.17.